The number of nitrogens with zero attached hydrogens (tertiary/aromatic N) is 3. The topological polar surface area (TPSA) is 84.2 Å². The fraction of sp³-hybridized carbons (Fsp3) is 0.407. The molecule has 4 rings (SSSR count). The third kappa shape index (κ3) is 5.78. The Bertz CT molecular complexity index is 1320. The summed E-state index contributed by atoms with van der Waals surface area (Å²) < 4.78 is 50.4. The van der Waals surface area contributed by atoms with Crippen molar-refractivity contribution in [1.82, 2.24) is 14.4 Å². The number of piperazine rings is 1. The van der Waals surface area contributed by atoms with Crippen LogP contribution in [0.5, 0.6) is 5.75 Å². The van der Waals surface area contributed by atoms with E-state index in [4.69, 9.17) is 9.47 Å². The van der Waals surface area contributed by atoms with E-state index >= 15 is 0 Å². The van der Waals surface area contributed by atoms with Crippen molar-refractivity contribution < 1.29 is 37.3 Å². The first-order valence-corrected chi connectivity index (χ1v) is 12.1. The molecular formula is C27H30F3N3O5. The Kier molecular flexibility index (Phi) is 7.98. The second-order valence-electron chi connectivity index (χ2n) is 9.37. The van der Waals surface area contributed by atoms with Gasteiger partial charge in [0.1, 0.15) is 5.75 Å². The van der Waals surface area contributed by atoms with Crippen LogP contribution in [0, 0.1) is 6.92 Å². The van der Waals surface area contributed by atoms with Crippen LogP contribution in [0.25, 0.3) is 10.9 Å². The smallest absolute Gasteiger partial charge is 0.416 e. The summed E-state index contributed by atoms with van der Waals surface area (Å²) >= 11 is 0. The predicted octanol–water partition coefficient (Wildman–Crippen LogP) is 5.08. The maximum Gasteiger partial charge on any atom is 0.416 e. The maximum atomic E-state index is 12.9. The van der Waals surface area contributed by atoms with Gasteiger partial charge in [-0.25, -0.2) is 9.59 Å². The number of fused-ring (bicyclic) bond motifs is 1. The van der Waals surface area contributed by atoms with Gasteiger partial charge in [-0.15, -0.1) is 0 Å². The molecule has 38 heavy (non-hydrogen) atoms. The molecule has 11 heteroatoms. The van der Waals surface area contributed by atoms with E-state index in [1.807, 2.05) is 6.92 Å². The Balaban J connectivity index is 1.70. The number of hydrogen-bond acceptors (Lipinski definition) is 6. The summed E-state index contributed by atoms with van der Waals surface area (Å²) in [6, 6.07) is 10.1. The number of carboxylic acid groups (broad SMARTS) is 1. The molecule has 1 fully saturated rings. The van der Waals surface area contributed by atoms with Crippen LogP contribution in [0.2, 0.25) is 0 Å². The summed E-state index contributed by atoms with van der Waals surface area (Å²) in [6.07, 6.45) is -4.73. The number of carbonyl (C=O) groups is 2. The molecule has 1 aliphatic heterocycles. The van der Waals surface area contributed by atoms with Crippen LogP contribution in [0.1, 0.15) is 39.5 Å². The lowest BCUT2D eigenvalue weighted by atomic mass is 9.98. The highest BCUT2D eigenvalue weighted by Crippen LogP contribution is 2.36. The van der Waals surface area contributed by atoms with Gasteiger partial charge >= 0.3 is 18.2 Å². The summed E-state index contributed by atoms with van der Waals surface area (Å²) in [5.74, 6) is 0.135. The van der Waals surface area contributed by atoms with Crippen LogP contribution >= 0.6 is 0 Å². The van der Waals surface area contributed by atoms with Gasteiger partial charge in [0.2, 0.25) is 0 Å². The molecule has 0 saturated carbocycles. The van der Waals surface area contributed by atoms with Gasteiger partial charge in [0.15, 0.2) is 0 Å². The number of esters is 1. The minimum Gasteiger partial charge on any atom is -0.496 e. The van der Waals surface area contributed by atoms with Crippen molar-refractivity contribution >= 4 is 23.0 Å². The van der Waals surface area contributed by atoms with Gasteiger partial charge in [-0.3, -0.25) is 14.4 Å². The number of alkyl halides is 3. The number of rotatable bonds is 7. The van der Waals surface area contributed by atoms with Crippen LogP contribution in [0.15, 0.2) is 42.6 Å². The number of hydrogen-bond donors (Lipinski definition) is 1. The van der Waals surface area contributed by atoms with Gasteiger partial charge in [0.05, 0.1) is 31.7 Å². The molecule has 2 heterocycles. The molecule has 0 bridgehead atoms. The highest BCUT2D eigenvalue weighted by molar-refractivity contribution is 5.94. The third-order valence-electron chi connectivity index (χ3n) is 7.02. The first-order valence-electron chi connectivity index (χ1n) is 12.1. The molecule has 1 N–H and O–H groups in total. The Morgan fingerprint density at radius 3 is 2.42 bits per heavy atom. The zero-order chi connectivity index (χ0) is 27.6. The molecule has 204 valence electrons. The summed E-state index contributed by atoms with van der Waals surface area (Å²) in [5, 5.41) is 10.4. The second-order valence-corrected chi connectivity index (χ2v) is 9.37. The predicted molar refractivity (Wildman–Crippen MR) is 135 cm³/mol. The van der Waals surface area contributed by atoms with Gasteiger partial charge in [-0.05, 0) is 42.3 Å². The average molecular weight is 534 g/mol. The van der Waals surface area contributed by atoms with Crippen molar-refractivity contribution in [2.45, 2.75) is 32.1 Å². The van der Waals surface area contributed by atoms with Crippen molar-refractivity contribution in [3.63, 3.8) is 0 Å². The van der Waals surface area contributed by atoms with E-state index in [0.29, 0.717) is 43.0 Å². The van der Waals surface area contributed by atoms with Gasteiger partial charge in [-0.1, -0.05) is 12.1 Å². The first-order chi connectivity index (χ1) is 18.0. The number of methoxy groups -OCH3 is 2. The molecular weight excluding hydrogens is 503 g/mol. The molecule has 3 aromatic rings. The zero-order valence-electron chi connectivity index (χ0n) is 21.4. The average Bonchev–Trinajstić information content (AvgIpc) is 3.35. The lowest BCUT2D eigenvalue weighted by Gasteiger charge is -2.42. The lowest BCUT2D eigenvalue weighted by Crippen LogP contribution is -2.48. The van der Waals surface area contributed by atoms with Crippen LogP contribution in [0.3, 0.4) is 0 Å². The fourth-order valence-electron chi connectivity index (χ4n) is 5.10. The van der Waals surface area contributed by atoms with Gasteiger partial charge in [0.25, 0.3) is 0 Å². The number of aryl methyl sites for hydroxylation is 1. The minimum absolute atomic E-state index is 0.104. The van der Waals surface area contributed by atoms with Crippen LogP contribution in [-0.2, 0) is 11.3 Å². The highest BCUT2D eigenvalue weighted by Gasteiger charge is 2.33. The maximum absolute atomic E-state index is 12.9. The molecule has 1 aromatic heterocycles. The van der Waals surface area contributed by atoms with E-state index in [-0.39, 0.29) is 12.6 Å². The zero-order valence-corrected chi connectivity index (χ0v) is 21.4. The Morgan fingerprint density at radius 1 is 1.11 bits per heavy atom. The van der Waals surface area contributed by atoms with E-state index in [9.17, 15) is 27.9 Å². The summed E-state index contributed by atoms with van der Waals surface area (Å²) in [4.78, 5) is 27.6. The van der Waals surface area contributed by atoms with Crippen molar-refractivity contribution in [3.05, 3.63) is 64.8 Å². The van der Waals surface area contributed by atoms with E-state index in [1.165, 1.54) is 17.9 Å². The molecule has 0 radical (unpaired) electrons. The van der Waals surface area contributed by atoms with Crippen molar-refractivity contribution in [1.29, 1.82) is 0 Å². The molecule has 0 unspecified atom stereocenters. The number of halogens is 3. The first kappa shape index (κ1) is 27.5. The molecule has 0 amide bonds. The minimum atomic E-state index is -4.24. The standard InChI is InChI=1S/C27H30F3N3O5/c1-17-14-23(37-2)21(20-8-10-33(24(17)20)26(35)36)15-32-13-12-31(11-9-27(28,29)30)16-22(32)18-4-6-19(7-5-18)25(34)38-3/h4-8,10,14,22H,9,11-13,15-16H2,1-3H3,(H,35,36)/t22-/m0/s1. The van der Waals surface area contributed by atoms with Crippen LogP contribution in [0.4, 0.5) is 18.0 Å². The van der Waals surface area contributed by atoms with Gasteiger partial charge in [0, 0.05) is 55.9 Å². The highest BCUT2D eigenvalue weighted by atomic mass is 19.4. The molecule has 2 aromatic carbocycles. The van der Waals surface area contributed by atoms with Crippen LogP contribution < -0.4 is 4.74 Å². The van der Waals surface area contributed by atoms with E-state index in [0.717, 1.165) is 22.1 Å². The SMILES string of the molecule is COC(=O)c1ccc([C@@H]2CN(CCC(F)(F)F)CCN2Cc2c(OC)cc(C)c3c2ccn3C(=O)O)cc1. The summed E-state index contributed by atoms with van der Waals surface area (Å²) in [6.45, 7) is 3.40. The molecule has 0 spiro atoms. The van der Waals surface area contributed by atoms with Crippen molar-refractivity contribution in [2.24, 2.45) is 0 Å². The van der Waals surface area contributed by atoms with Crippen LogP contribution in [-0.4, -0.2) is 78.1 Å². The van der Waals surface area contributed by atoms with Gasteiger partial charge < -0.3 is 14.6 Å². The molecule has 1 saturated heterocycles. The monoisotopic (exact) mass is 533 g/mol. The summed E-state index contributed by atoms with van der Waals surface area (Å²) in [7, 11) is 2.85. The quantitative estimate of drug-likeness (QED) is 0.424. The number of benzene rings is 2. The van der Waals surface area contributed by atoms with E-state index in [1.54, 1.807) is 48.4 Å². The Hall–Kier alpha value is -3.57. The normalized spacial score (nSPS) is 17.1. The molecule has 1 aliphatic rings. The lowest BCUT2D eigenvalue weighted by molar-refractivity contribution is -0.139. The van der Waals surface area contributed by atoms with Crippen molar-refractivity contribution in [2.75, 3.05) is 40.4 Å². The van der Waals surface area contributed by atoms with E-state index in [2.05, 4.69) is 4.90 Å². The number of carbonyl (C=O) groups excluding carboxylic acids is 1. The summed E-state index contributed by atoms with van der Waals surface area (Å²) in [5.41, 5.74) is 3.34. The number of ether oxygens (including phenoxy) is 2. The molecule has 0 aliphatic carbocycles. The van der Waals surface area contributed by atoms with Crippen molar-refractivity contribution in [3.8, 4) is 5.75 Å². The Morgan fingerprint density at radius 2 is 1.82 bits per heavy atom. The molecule has 8 nitrogen and oxygen atoms in total. The van der Waals surface area contributed by atoms with Gasteiger partial charge in [-0.2, -0.15) is 13.2 Å². The largest absolute Gasteiger partial charge is 0.496 e. The van der Waals surface area contributed by atoms with E-state index < -0.39 is 24.7 Å². The third-order valence-corrected chi connectivity index (χ3v) is 7.02. The number of aromatic nitrogens is 1. The Labute approximate surface area is 218 Å². The fourth-order valence-corrected chi connectivity index (χ4v) is 5.10. The second kappa shape index (κ2) is 11.0. The molecule has 1 atom stereocenters.